The van der Waals surface area contributed by atoms with Gasteiger partial charge in [0.15, 0.2) is 6.61 Å². The van der Waals surface area contributed by atoms with Gasteiger partial charge in [-0.15, -0.1) is 0 Å². The number of carbonyl (C=O) groups is 2. The minimum Gasteiger partial charge on any atom is -0.452 e. The number of pyridine rings is 1. The van der Waals surface area contributed by atoms with Crippen molar-refractivity contribution in [1.82, 2.24) is 10.3 Å². The number of benzene rings is 1. The highest BCUT2D eigenvalue weighted by Gasteiger charge is 2.26. The maximum absolute atomic E-state index is 12.9. The highest BCUT2D eigenvalue weighted by Crippen LogP contribution is 2.31. The minimum absolute atomic E-state index is 0.252. The van der Waals surface area contributed by atoms with Crippen LogP contribution in [0.25, 0.3) is 10.9 Å². The molecule has 0 radical (unpaired) electrons. The Balaban J connectivity index is 1.79. The van der Waals surface area contributed by atoms with Gasteiger partial charge in [-0.1, -0.05) is 39.0 Å². The summed E-state index contributed by atoms with van der Waals surface area (Å²) in [5, 5.41) is 3.60. The lowest BCUT2D eigenvalue weighted by molar-refractivity contribution is -0.124. The third-order valence-corrected chi connectivity index (χ3v) is 5.09. The van der Waals surface area contributed by atoms with Gasteiger partial charge in [-0.3, -0.25) is 9.78 Å². The molecule has 1 aliphatic rings. The molecule has 0 unspecified atom stereocenters. The van der Waals surface area contributed by atoms with Crippen LogP contribution in [0.2, 0.25) is 0 Å². The third-order valence-electron chi connectivity index (χ3n) is 5.09. The number of hydrogen-bond acceptors (Lipinski definition) is 4. The van der Waals surface area contributed by atoms with Crippen molar-refractivity contribution in [2.24, 2.45) is 11.8 Å². The SMILES string of the molecule is CC(C)CCNC(=O)COC(=O)c1c2c(nc3ccccc13)CC[C@H](C)C2. The van der Waals surface area contributed by atoms with E-state index in [1.54, 1.807) is 0 Å². The number of aromatic nitrogens is 1. The first-order chi connectivity index (χ1) is 13.0. The van der Waals surface area contributed by atoms with E-state index in [9.17, 15) is 9.59 Å². The summed E-state index contributed by atoms with van der Waals surface area (Å²) in [6, 6.07) is 7.65. The van der Waals surface area contributed by atoms with Gasteiger partial charge in [-0.25, -0.2) is 4.79 Å². The Labute approximate surface area is 160 Å². The number of esters is 1. The highest BCUT2D eigenvalue weighted by atomic mass is 16.5. The Kier molecular flexibility index (Phi) is 6.09. The predicted molar refractivity (Wildman–Crippen MR) is 106 cm³/mol. The fraction of sp³-hybridized carbons (Fsp3) is 0.500. The fourth-order valence-electron chi connectivity index (χ4n) is 3.55. The third kappa shape index (κ3) is 4.65. The minimum atomic E-state index is -0.432. The molecule has 5 heteroatoms. The monoisotopic (exact) mass is 368 g/mol. The quantitative estimate of drug-likeness (QED) is 0.790. The molecule has 1 aromatic carbocycles. The summed E-state index contributed by atoms with van der Waals surface area (Å²) in [6.07, 6.45) is 3.67. The molecule has 1 aliphatic carbocycles. The fourth-order valence-corrected chi connectivity index (χ4v) is 3.55. The molecule has 0 aliphatic heterocycles. The zero-order valence-corrected chi connectivity index (χ0v) is 16.4. The van der Waals surface area contributed by atoms with Gasteiger partial charge >= 0.3 is 5.97 Å². The molecular formula is C22H28N2O3. The molecule has 0 spiro atoms. The van der Waals surface area contributed by atoms with E-state index in [-0.39, 0.29) is 12.5 Å². The van der Waals surface area contributed by atoms with E-state index in [1.807, 2.05) is 24.3 Å². The summed E-state index contributed by atoms with van der Waals surface area (Å²) in [4.78, 5) is 29.6. The first-order valence-electron chi connectivity index (χ1n) is 9.80. The topological polar surface area (TPSA) is 68.3 Å². The van der Waals surface area contributed by atoms with Crippen LogP contribution in [0, 0.1) is 11.8 Å². The number of ether oxygens (including phenoxy) is 1. The van der Waals surface area contributed by atoms with E-state index < -0.39 is 5.97 Å². The number of rotatable bonds is 6. The number of amides is 1. The Morgan fingerprint density at radius 2 is 2.07 bits per heavy atom. The van der Waals surface area contributed by atoms with Crippen LogP contribution in [0.1, 0.15) is 55.2 Å². The molecule has 3 rings (SSSR count). The normalized spacial score (nSPS) is 16.2. The molecule has 1 N–H and O–H groups in total. The predicted octanol–water partition coefficient (Wildman–Crippen LogP) is 3.68. The van der Waals surface area contributed by atoms with Crippen LogP contribution in [0.4, 0.5) is 0 Å². The summed E-state index contributed by atoms with van der Waals surface area (Å²) in [5.74, 6) is 0.332. The van der Waals surface area contributed by atoms with E-state index in [1.165, 1.54) is 0 Å². The van der Waals surface area contributed by atoms with Crippen LogP contribution in [0.5, 0.6) is 0 Å². The standard InChI is InChI=1S/C22H28N2O3/c1-14(2)10-11-23-20(25)13-27-22(26)21-16-6-4-5-7-18(16)24-19-9-8-15(3)12-17(19)21/h4-7,14-15H,8-13H2,1-3H3,(H,23,25)/t15-/m0/s1. The molecular weight excluding hydrogens is 340 g/mol. The van der Waals surface area contributed by atoms with Crippen LogP contribution in [0.15, 0.2) is 24.3 Å². The van der Waals surface area contributed by atoms with Gasteiger partial charge < -0.3 is 10.1 Å². The molecule has 5 nitrogen and oxygen atoms in total. The lowest BCUT2D eigenvalue weighted by Crippen LogP contribution is -2.30. The highest BCUT2D eigenvalue weighted by molar-refractivity contribution is 6.05. The van der Waals surface area contributed by atoms with Gasteiger partial charge in [-0.05, 0) is 49.1 Å². The van der Waals surface area contributed by atoms with Crippen molar-refractivity contribution in [3.8, 4) is 0 Å². The van der Waals surface area contributed by atoms with Gasteiger partial charge in [0.2, 0.25) is 0 Å². The van der Waals surface area contributed by atoms with Crippen molar-refractivity contribution < 1.29 is 14.3 Å². The van der Waals surface area contributed by atoms with Crippen molar-refractivity contribution >= 4 is 22.8 Å². The Bertz CT molecular complexity index is 845. The number of nitrogens with zero attached hydrogens (tertiary/aromatic N) is 1. The second kappa shape index (κ2) is 8.51. The van der Waals surface area contributed by atoms with Gasteiger partial charge in [0.05, 0.1) is 11.1 Å². The van der Waals surface area contributed by atoms with Crippen LogP contribution in [-0.4, -0.2) is 30.0 Å². The first-order valence-corrected chi connectivity index (χ1v) is 9.80. The first kappa shape index (κ1) is 19.3. The number of carbonyl (C=O) groups excluding carboxylic acids is 2. The zero-order chi connectivity index (χ0) is 19.4. The average Bonchev–Trinajstić information content (AvgIpc) is 2.64. The van der Waals surface area contributed by atoms with Crippen molar-refractivity contribution in [1.29, 1.82) is 0 Å². The lowest BCUT2D eigenvalue weighted by atomic mass is 9.84. The van der Waals surface area contributed by atoms with E-state index in [0.29, 0.717) is 23.9 Å². The zero-order valence-electron chi connectivity index (χ0n) is 16.4. The second-order valence-electron chi connectivity index (χ2n) is 7.89. The molecule has 0 saturated carbocycles. The molecule has 1 amide bonds. The van der Waals surface area contributed by atoms with E-state index in [0.717, 1.165) is 47.8 Å². The van der Waals surface area contributed by atoms with Gasteiger partial charge in [0, 0.05) is 17.6 Å². The number of hydrogen-bond donors (Lipinski definition) is 1. The van der Waals surface area contributed by atoms with Crippen molar-refractivity contribution in [2.75, 3.05) is 13.2 Å². The van der Waals surface area contributed by atoms with E-state index >= 15 is 0 Å². The Morgan fingerprint density at radius 1 is 1.30 bits per heavy atom. The number of fused-ring (bicyclic) bond motifs is 2. The maximum atomic E-state index is 12.9. The molecule has 27 heavy (non-hydrogen) atoms. The molecule has 0 saturated heterocycles. The smallest absolute Gasteiger partial charge is 0.339 e. The van der Waals surface area contributed by atoms with E-state index in [4.69, 9.17) is 9.72 Å². The summed E-state index contributed by atoms with van der Waals surface area (Å²) >= 11 is 0. The number of para-hydroxylation sites is 1. The van der Waals surface area contributed by atoms with Crippen LogP contribution in [0.3, 0.4) is 0 Å². The number of aryl methyl sites for hydroxylation is 1. The van der Waals surface area contributed by atoms with Crippen LogP contribution in [-0.2, 0) is 22.4 Å². The molecule has 144 valence electrons. The summed E-state index contributed by atoms with van der Waals surface area (Å²) < 4.78 is 5.38. The number of nitrogens with one attached hydrogen (secondary N) is 1. The van der Waals surface area contributed by atoms with Crippen LogP contribution < -0.4 is 5.32 Å². The average molecular weight is 368 g/mol. The van der Waals surface area contributed by atoms with Crippen molar-refractivity contribution in [3.63, 3.8) is 0 Å². The Morgan fingerprint density at radius 3 is 2.85 bits per heavy atom. The summed E-state index contributed by atoms with van der Waals surface area (Å²) in [5.41, 5.74) is 3.36. The maximum Gasteiger partial charge on any atom is 0.339 e. The molecule has 1 heterocycles. The summed E-state index contributed by atoms with van der Waals surface area (Å²) in [6.45, 7) is 6.74. The molecule has 0 bridgehead atoms. The molecule has 1 aromatic heterocycles. The largest absolute Gasteiger partial charge is 0.452 e. The lowest BCUT2D eigenvalue weighted by Gasteiger charge is -2.24. The molecule has 0 fully saturated rings. The second-order valence-corrected chi connectivity index (χ2v) is 7.89. The summed E-state index contributed by atoms with van der Waals surface area (Å²) in [7, 11) is 0. The Hall–Kier alpha value is -2.43. The molecule has 2 aromatic rings. The van der Waals surface area contributed by atoms with Crippen LogP contribution >= 0.6 is 0 Å². The van der Waals surface area contributed by atoms with Gasteiger partial charge in [0.25, 0.3) is 5.91 Å². The van der Waals surface area contributed by atoms with E-state index in [2.05, 4.69) is 26.1 Å². The van der Waals surface area contributed by atoms with Gasteiger partial charge in [0.1, 0.15) is 0 Å². The van der Waals surface area contributed by atoms with Crippen molar-refractivity contribution in [3.05, 3.63) is 41.1 Å². The molecule has 1 atom stereocenters. The van der Waals surface area contributed by atoms with Gasteiger partial charge in [-0.2, -0.15) is 0 Å². The van der Waals surface area contributed by atoms with Crippen molar-refractivity contribution in [2.45, 2.75) is 46.5 Å².